The molecular weight excluding hydrogens is 352 g/mol. The Morgan fingerprint density at radius 2 is 2.04 bits per heavy atom. The van der Waals surface area contributed by atoms with Gasteiger partial charge in [0.05, 0.1) is 18.6 Å². The lowest BCUT2D eigenvalue weighted by Gasteiger charge is -2.11. The molecule has 0 atom stereocenters. The monoisotopic (exact) mass is 374 g/mol. The molecule has 0 spiro atoms. The van der Waals surface area contributed by atoms with Gasteiger partial charge < -0.3 is 9.47 Å². The molecule has 26 heavy (non-hydrogen) atoms. The summed E-state index contributed by atoms with van der Waals surface area (Å²) in [5.41, 5.74) is 5.48. The van der Waals surface area contributed by atoms with E-state index in [0.29, 0.717) is 23.0 Å². The molecule has 7 heteroatoms. The number of ether oxygens (including phenoxy) is 2. The van der Waals surface area contributed by atoms with E-state index in [1.165, 1.54) is 17.4 Å². The number of rotatable bonds is 8. The predicted octanol–water partition coefficient (Wildman–Crippen LogP) is 3.41. The predicted molar refractivity (Wildman–Crippen MR) is 102 cm³/mol. The number of amides is 2. The van der Waals surface area contributed by atoms with Gasteiger partial charge in [-0.15, -0.1) is 11.3 Å². The molecule has 138 valence electrons. The summed E-state index contributed by atoms with van der Waals surface area (Å²) in [6.07, 6.45) is 5.00. The maximum atomic E-state index is 11.8. The Balaban J connectivity index is 1.90. The summed E-state index contributed by atoms with van der Waals surface area (Å²) in [5, 5.41) is 1.79. The van der Waals surface area contributed by atoms with Crippen LogP contribution in [0.1, 0.15) is 35.0 Å². The fourth-order valence-corrected chi connectivity index (χ4v) is 2.65. The van der Waals surface area contributed by atoms with Crippen molar-refractivity contribution < 1.29 is 19.1 Å². The molecule has 2 amide bonds. The summed E-state index contributed by atoms with van der Waals surface area (Å²) in [5.74, 6) is 0.495. The smallest absolute Gasteiger partial charge is 0.279 e. The largest absolute Gasteiger partial charge is 0.493 e. The Hall–Kier alpha value is -2.80. The molecule has 0 bridgehead atoms. The Morgan fingerprint density at radius 1 is 1.19 bits per heavy atom. The summed E-state index contributed by atoms with van der Waals surface area (Å²) in [6, 6.07) is 8.88. The van der Waals surface area contributed by atoms with Crippen molar-refractivity contribution in [2.45, 2.75) is 19.8 Å². The first kappa shape index (κ1) is 19.5. The highest BCUT2D eigenvalue weighted by atomic mass is 32.1. The molecule has 0 saturated heterocycles. The third-order valence-corrected chi connectivity index (χ3v) is 4.28. The van der Waals surface area contributed by atoms with E-state index in [4.69, 9.17) is 9.47 Å². The van der Waals surface area contributed by atoms with E-state index < -0.39 is 5.91 Å². The van der Waals surface area contributed by atoms with Gasteiger partial charge in [0.1, 0.15) is 0 Å². The van der Waals surface area contributed by atoms with Crippen LogP contribution in [-0.2, 0) is 4.79 Å². The summed E-state index contributed by atoms with van der Waals surface area (Å²) in [6.45, 7) is 2.73. The van der Waals surface area contributed by atoms with Crippen LogP contribution in [0.25, 0.3) is 6.08 Å². The minimum absolute atomic E-state index is 0.350. The number of unbranched alkanes of at least 4 members (excludes halogenated alkanes) is 1. The summed E-state index contributed by atoms with van der Waals surface area (Å²) < 4.78 is 11.0. The van der Waals surface area contributed by atoms with Crippen molar-refractivity contribution in [1.29, 1.82) is 0 Å². The van der Waals surface area contributed by atoms with E-state index in [-0.39, 0.29) is 5.91 Å². The second kappa shape index (κ2) is 10.2. The number of carbonyl (C=O) groups excluding carboxylic acids is 2. The van der Waals surface area contributed by atoms with Crippen LogP contribution in [0.3, 0.4) is 0 Å². The molecule has 0 aliphatic rings. The first-order valence-corrected chi connectivity index (χ1v) is 9.14. The van der Waals surface area contributed by atoms with Crippen LogP contribution in [0.4, 0.5) is 0 Å². The Kier molecular flexibility index (Phi) is 7.70. The van der Waals surface area contributed by atoms with Crippen LogP contribution >= 0.6 is 11.3 Å². The van der Waals surface area contributed by atoms with Gasteiger partial charge in [0.2, 0.25) is 0 Å². The van der Waals surface area contributed by atoms with Crippen LogP contribution in [0.2, 0.25) is 0 Å². The van der Waals surface area contributed by atoms with Gasteiger partial charge in [0.25, 0.3) is 11.8 Å². The standard InChI is InChI=1S/C19H22N2O4S/c1-3-4-11-25-15-9-7-14(13-16(15)24-2)8-10-18(22)20-21-19(23)17-6-5-12-26-17/h5-10,12-13H,3-4,11H2,1-2H3,(H,20,22)(H,21,23)/b10-8+. The number of hydrazine groups is 1. The van der Waals surface area contributed by atoms with Crippen LogP contribution in [0.15, 0.2) is 41.8 Å². The van der Waals surface area contributed by atoms with E-state index in [1.54, 1.807) is 36.8 Å². The van der Waals surface area contributed by atoms with E-state index in [2.05, 4.69) is 17.8 Å². The molecule has 0 aliphatic heterocycles. The summed E-state index contributed by atoms with van der Waals surface area (Å²) >= 11 is 1.30. The second-order valence-corrected chi connectivity index (χ2v) is 6.31. The first-order chi connectivity index (χ1) is 12.6. The quantitative estimate of drug-likeness (QED) is 0.422. The molecule has 2 aromatic rings. The molecule has 0 fully saturated rings. The molecule has 6 nitrogen and oxygen atoms in total. The molecule has 2 rings (SSSR count). The molecule has 1 aromatic carbocycles. The minimum atomic E-state index is -0.433. The molecule has 0 aliphatic carbocycles. The Morgan fingerprint density at radius 3 is 2.73 bits per heavy atom. The summed E-state index contributed by atoms with van der Waals surface area (Å²) in [7, 11) is 1.57. The normalized spacial score (nSPS) is 10.5. The highest BCUT2D eigenvalue weighted by Crippen LogP contribution is 2.28. The van der Waals surface area contributed by atoms with Gasteiger partial charge in [-0.2, -0.15) is 0 Å². The maximum Gasteiger partial charge on any atom is 0.279 e. The van der Waals surface area contributed by atoms with Gasteiger partial charge >= 0.3 is 0 Å². The lowest BCUT2D eigenvalue weighted by atomic mass is 10.2. The van der Waals surface area contributed by atoms with Crippen molar-refractivity contribution in [1.82, 2.24) is 10.9 Å². The van der Waals surface area contributed by atoms with Crippen molar-refractivity contribution in [3.63, 3.8) is 0 Å². The Bertz CT molecular complexity index is 757. The van der Waals surface area contributed by atoms with Gasteiger partial charge in [0.15, 0.2) is 11.5 Å². The van der Waals surface area contributed by atoms with E-state index >= 15 is 0 Å². The van der Waals surface area contributed by atoms with Crippen molar-refractivity contribution in [2.75, 3.05) is 13.7 Å². The topological polar surface area (TPSA) is 76.7 Å². The van der Waals surface area contributed by atoms with Gasteiger partial charge in [0, 0.05) is 6.08 Å². The number of hydrogen-bond acceptors (Lipinski definition) is 5. The van der Waals surface area contributed by atoms with Gasteiger partial charge in [-0.05, 0) is 41.6 Å². The number of nitrogens with one attached hydrogen (secondary N) is 2. The number of carbonyl (C=O) groups is 2. The van der Waals surface area contributed by atoms with Crippen molar-refractivity contribution >= 4 is 29.2 Å². The van der Waals surface area contributed by atoms with Crippen molar-refractivity contribution in [2.24, 2.45) is 0 Å². The minimum Gasteiger partial charge on any atom is -0.493 e. The first-order valence-electron chi connectivity index (χ1n) is 8.26. The molecule has 0 radical (unpaired) electrons. The highest BCUT2D eigenvalue weighted by Gasteiger charge is 2.07. The van der Waals surface area contributed by atoms with Crippen LogP contribution in [0, 0.1) is 0 Å². The van der Waals surface area contributed by atoms with Crippen LogP contribution in [-0.4, -0.2) is 25.5 Å². The third kappa shape index (κ3) is 5.93. The number of benzene rings is 1. The van der Waals surface area contributed by atoms with E-state index in [1.807, 2.05) is 12.1 Å². The zero-order valence-corrected chi connectivity index (χ0v) is 15.6. The van der Waals surface area contributed by atoms with Crippen LogP contribution < -0.4 is 20.3 Å². The second-order valence-electron chi connectivity index (χ2n) is 5.37. The lowest BCUT2D eigenvalue weighted by Crippen LogP contribution is -2.40. The zero-order chi connectivity index (χ0) is 18.8. The van der Waals surface area contributed by atoms with E-state index in [0.717, 1.165) is 18.4 Å². The molecule has 1 heterocycles. The average molecular weight is 374 g/mol. The molecule has 0 unspecified atom stereocenters. The van der Waals surface area contributed by atoms with Gasteiger partial charge in [-0.1, -0.05) is 25.5 Å². The van der Waals surface area contributed by atoms with Gasteiger partial charge in [-0.3, -0.25) is 20.4 Å². The number of thiophene rings is 1. The molecule has 1 aromatic heterocycles. The third-order valence-electron chi connectivity index (χ3n) is 3.41. The summed E-state index contributed by atoms with van der Waals surface area (Å²) in [4.78, 5) is 24.1. The fourth-order valence-electron chi connectivity index (χ4n) is 2.03. The van der Waals surface area contributed by atoms with E-state index in [9.17, 15) is 9.59 Å². The fraction of sp³-hybridized carbons (Fsp3) is 0.263. The molecular formula is C19H22N2O4S. The number of hydrogen-bond donors (Lipinski definition) is 2. The maximum absolute atomic E-state index is 11.8. The molecule has 2 N–H and O–H groups in total. The SMILES string of the molecule is CCCCOc1ccc(/C=C/C(=O)NNC(=O)c2cccs2)cc1OC. The zero-order valence-electron chi connectivity index (χ0n) is 14.8. The average Bonchev–Trinajstić information content (AvgIpc) is 3.20. The highest BCUT2D eigenvalue weighted by molar-refractivity contribution is 7.12. The van der Waals surface area contributed by atoms with Crippen LogP contribution in [0.5, 0.6) is 11.5 Å². The Labute approximate surface area is 156 Å². The number of methoxy groups -OCH3 is 1. The van der Waals surface area contributed by atoms with Crippen molar-refractivity contribution in [3.8, 4) is 11.5 Å². The molecule has 0 saturated carbocycles. The van der Waals surface area contributed by atoms with Gasteiger partial charge in [-0.25, -0.2) is 0 Å². The van der Waals surface area contributed by atoms with Crippen molar-refractivity contribution in [3.05, 3.63) is 52.2 Å². The lowest BCUT2D eigenvalue weighted by molar-refractivity contribution is -0.117.